The molecule has 0 unspecified atom stereocenters. The lowest BCUT2D eigenvalue weighted by Gasteiger charge is -2.42. The number of hydrogen-bond acceptors (Lipinski definition) is 9. The Morgan fingerprint density at radius 3 is 2.34 bits per heavy atom. The van der Waals surface area contributed by atoms with E-state index in [0.29, 0.717) is 80.6 Å². The number of piperazine rings is 1. The average Bonchev–Trinajstić information content (AvgIpc) is 3.22. The summed E-state index contributed by atoms with van der Waals surface area (Å²) in [5.74, 6) is 0.550. The Labute approximate surface area is 346 Å². The number of nitrogens with one attached hydrogen (secondary N) is 3. The summed E-state index contributed by atoms with van der Waals surface area (Å²) in [6, 6.07) is 14.0. The molecular weight excluding hydrogens is 842 g/mol. The maximum absolute atomic E-state index is 14.5. The Morgan fingerprint density at radius 1 is 0.964 bits per heavy atom. The smallest absolute Gasteiger partial charge is 0.322 e. The van der Waals surface area contributed by atoms with Gasteiger partial charge < -0.3 is 46.4 Å². The van der Waals surface area contributed by atoms with Crippen molar-refractivity contribution in [3.63, 3.8) is 0 Å². The van der Waals surface area contributed by atoms with E-state index in [-0.39, 0.29) is 29.6 Å². The molecule has 4 amide bonds. The van der Waals surface area contributed by atoms with E-state index in [1.165, 1.54) is 0 Å². The first kappa shape index (κ1) is 41.3. The van der Waals surface area contributed by atoms with Crippen LogP contribution in [0.1, 0.15) is 56.6 Å². The van der Waals surface area contributed by atoms with Gasteiger partial charge in [-0.2, -0.15) is 0 Å². The predicted octanol–water partition coefficient (Wildman–Crippen LogP) is 5.54. The number of carbonyl (C=O) groups excluding carboxylic acids is 3. The van der Waals surface area contributed by atoms with Gasteiger partial charge in [0.05, 0.1) is 14.8 Å². The zero-order chi connectivity index (χ0) is 39.6. The van der Waals surface area contributed by atoms with Crippen molar-refractivity contribution in [3.05, 3.63) is 92.9 Å². The van der Waals surface area contributed by atoms with Crippen LogP contribution < -0.4 is 26.6 Å². The molecule has 1 aromatic heterocycles. The summed E-state index contributed by atoms with van der Waals surface area (Å²) in [5, 5.41) is 20.2. The fraction of sp³-hybridized carbons (Fsp3) is 0.463. The first-order chi connectivity index (χ1) is 27.1. The van der Waals surface area contributed by atoms with Crippen LogP contribution >= 0.6 is 31.9 Å². The number of para-hydroxylation sites is 1. The molecule has 0 aliphatic carbocycles. The number of urea groups is 1. The number of anilines is 2. The molecule has 3 aliphatic heterocycles. The molecule has 2 fully saturated rings. The minimum atomic E-state index is -0.744. The largest absolute Gasteiger partial charge is 0.506 e. The van der Waals surface area contributed by atoms with Crippen molar-refractivity contribution in [1.82, 2.24) is 30.3 Å². The third-order valence-corrected chi connectivity index (χ3v) is 12.0. The highest BCUT2D eigenvalue weighted by atomic mass is 79.9. The van der Waals surface area contributed by atoms with Crippen LogP contribution in [0.3, 0.4) is 0 Å². The Hall–Kier alpha value is -4.34. The molecule has 15 heteroatoms. The van der Waals surface area contributed by atoms with Crippen molar-refractivity contribution in [2.24, 2.45) is 5.73 Å². The molecule has 2 aromatic carbocycles. The number of pyridine rings is 1. The second-order valence-corrected chi connectivity index (χ2v) is 16.3. The molecule has 4 heterocycles. The van der Waals surface area contributed by atoms with Gasteiger partial charge in [0.2, 0.25) is 11.8 Å². The minimum Gasteiger partial charge on any atom is -0.506 e. The van der Waals surface area contributed by atoms with E-state index >= 15 is 0 Å². The van der Waals surface area contributed by atoms with E-state index in [4.69, 9.17) is 5.73 Å². The van der Waals surface area contributed by atoms with Crippen molar-refractivity contribution in [2.45, 2.75) is 76.5 Å². The lowest BCUT2D eigenvalue weighted by atomic mass is 10.0. The van der Waals surface area contributed by atoms with E-state index in [9.17, 15) is 19.5 Å². The van der Waals surface area contributed by atoms with Crippen molar-refractivity contribution < 1.29 is 19.5 Å². The topological polar surface area (TPSA) is 159 Å². The number of carbonyl (C=O) groups is 3. The van der Waals surface area contributed by atoms with Crippen LogP contribution in [0.15, 0.2) is 81.8 Å². The molecule has 6 rings (SSSR count). The van der Waals surface area contributed by atoms with E-state index in [0.717, 1.165) is 54.0 Å². The number of hydrogen-bond donors (Lipinski definition) is 5. The molecule has 3 aromatic rings. The number of benzene rings is 2. The molecule has 56 heavy (non-hydrogen) atoms. The number of aromatic nitrogens is 1. The van der Waals surface area contributed by atoms with E-state index in [1.54, 1.807) is 12.4 Å². The summed E-state index contributed by atoms with van der Waals surface area (Å²) >= 11 is 6.90. The first-order valence-electron chi connectivity index (χ1n) is 19.6. The molecule has 300 valence electrons. The molecule has 0 spiro atoms. The quantitative estimate of drug-likeness (QED) is 0.124. The lowest BCUT2D eigenvalue weighted by Crippen LogP contribution is -2.58. The first-order valence-corrected chi connectivity index (χ1v) is 21.2. The zero-order valence-electron chi connectivity index (χ0n) is 31.9. The summed E-state index contributed by atoms with van der Waals surface area (Å²) < 4.78 is 1.02. The standard InChI is InChI=1S/C41H53Br2N9O4/c1-2-7-37(50-18-13-31(14-19-50)52-27-29-8-3-4-9-34(29)48-41(52)56)46-36(26-28-24-32(42)38(53)33(43)25-28)39(54)47-35(10-5-6-15-44)40(55)51-22-20-49(21-23-51)30-11-16-45-17-12-30/h3-4,7-9,11-12,16-17,24-25,31,35-36,46,53H,2,5-6,10,13-15,18-23,26-27,44H2,1H3,(H,47,54)(H,48,56)/b37-7-/t35-,36+/m0/s1. The fourth-order valence-electron chi connectivity index (χ4n) is 7.75. The molecule has 2 atom stereocenters. The highest BCUT2D eigenvalue weighted by molar-refractivity contribution is 9.11. The Bertz CT molecular complexity index is 1830. The van der Waals surface area contributed by atoms with E-state index in [2.05, 4.69) is 81.7 Å². The Morgan fingerprint density at radius 2 is 1.66 bits per heavy atom. The number of halogens is 2. The lowest BCUT2D eigenvalue weighted by molar-refractivity contribution is -0.137. The van der Waals surface area contributed by atoms with Gasteiger partial charge in [0.25, 0.3) is 0 Å². The van der Waals surface area contributed by atoms with Crippen LogP contribution in [0.2, 0.25) is 0 Å². The van der Waals surface area contributed by atoms with Gasteiger partial charge in [-0.15, -0.1) is 0 Å². The van der Waals surface area contributed by atoms with Crippen LogP contribution in [-0.2, 0) is 22.6 Å². The summed E-state index contributed by atoms with van der Waals surface area (Å²) in [6.45, 7) is 7.01. The summed E-state index contributed by atoms with van der Waals surface area (Å²) in [4.78, 5) is 54.2. The van der Waals surface area contributed by atoms with Crippen LogP contribution in [0.5, 0.6) is 5.75 Å². The summed E-state index contributed by atoms with van der Waals surface area (Å²) in [5.41, 5.74) is 9.71. The third-order valence-electron chi connectivity index (χ3n) is 10.8. The normalized spacial score (nSPS) is 17.6. The maximum atomic E-state index is 14.5. The van der Waals surface area contributed by atoms with Crippen molar-refractivity contribution in [3.8, 4) is 5.75 Å². The number of amides is 4. The number of likely N-dealkylation sites (tertiary alicyclic amines) is 1. The SMILES string of the molecule is CC/C=C(/N[C@H](Cc1cc(Br)c(O)c(Br)c1)C(=O)N[C@@H](CCCCN)C(=O)N1CCN(c2ccncc2)CC1)N1CCC(N2Cc3ccccc3NC2=O)CC1. The second-order valence-electron chi connectivity index (χ2n) is 14.6. The number of aromatic hydroxyl groups is 1. The number of phenols is 1. The van der Waals surface area contributed by atoms with Crippen molar-refractivity contribution in [2.75, 3.05) is 56.0 Å². The Kier molecular flexibility index (Phi) is 14.5. The van der Waals surface area contributed by atoms with Crippen molar-refractivity contribution >= 4 is 61.1 Å². The highest BCUT2D eigenvalue weighted by Gasteiger charge is 2.34. The number of rotatable bonds is 15. The minimum absolute atomic E-state index is 0.0706. The van der Waals surface area contributed by atoms with Gasteiger partial charge in [0.1, 0.15) is 17.8 Å². The number of nitrogens with two attached hydrogens (primary N) is 1. The van der Waals surface area contributed by atoms with Crippen LogP contribution in [0.4, 0.5) is 16.2 Å². The molecule has 0 bridgehead atoms. The third kappa shape index (κ3) is 10.3. The van der Waals surface area contributed by atoms with Crippen LogP contribution in [-0.4, -0.2) is 107 Å². The zero-order valence-corrected chi connectivity index (χ0v) is 35.1. The molecule has 0 saturated carbocycles. The van der Waals surface area contributed by atoms with E-state index < -0.39 is 12.1 Å². The van der Waals surface area contributed by atoms with Gasteiger partial charge in [-0.25, -0.2) is 4.79 Å². The van der Waals surface area contributed by atoms with Crippen LogP contribution in [0, 0.1) is 0 Å². The fourth-order valence-corrected chi connectivity index (χ4v) is 9.03. The monoisotopic (exact) mass is 893 g/mol. The summed E-state index contributed by atoms with van der Waals surface area (Å²) in [7, 11) is 0. The second kappa shape index (κ2) is 19.7. The number of unbranched alkanes of at least 4 members (excludes halogenated alkanes) is 1. The molecule has 6 N–H and O–H groups in total. The number of fused-ring (bicyclic) bond motifs is 1. The highest BCUT2D eigenvalue weighted by Crippen LogP contribution is 2.34. The van der Waals surface area contributed by atoms with Gasteiger partial charge in [-0.05, 0) is 124 Å². The predicted molar refractivity (Wildman–Crippen MR) is 226 cm³/mol. The number of phenolic OH excluding ortho intramolecular Hbond substituents is 1. The number of piperidine rings is 1. The molecule has 13 nitrogen and oxygen atoms in total. The van der Waals surface area contributed by atoms with Gasteiger partial charge >= 0.3 is 6.03 Å². The van der Waals surface area contributed by atoms with Crippen LogP contribution in [0.25, 0.3) is 0 Å². The number of nitrogens with zero attached hydrogens (tertiary/aromatic N) is 5. The summed E-state index contributed by atoms with van der Waals surface area (Å²) in [6.07, 6.45) is 10.2. The molecule has 3 aliphatic rings. The maximum Gasteiger partial charge on any atom is 0.322 e. The van der Waals surface area contributed by atoms with Gasteiger partial charge in [0, 0.05) is 82.0 Å². The van der Waals surface area contributed by atoms with Gasteiger partial charge in [0.15, 0.2) is 0 Å². The molecule has 2 saturated heterocycles. The molecular formula is C41H53Br2N9O4. The van der Waals surface area contributed by atoms with E-state index in [1.807, 2.05) is 52.3 Å². The average molecular weight is 896 g/mol. The van der Waals surface area contributed by atoms with Gasteiger partial charge in [-0.1, -0.05) is 25.1 Å². The Balaban J connectivity index is 1.17. The number of allylic oxidation sites excluding steroid dienone is 1. The van der Waals surface area contributed by atoms with Crippen molar-refractivity contribution in [1.29, 1.82) is 0 Å². The molecule has 0 radical (unpaired) electrons. The van der Waals surface area contributed by atoms with Gasteiger partial charge in [-0.3, -0.25) is 14.6 Å².